The van der Waals surface area contributed by atoms with E-state index in [9.17, 15) is 9.59 Å². The molecule has 1 amide bonds. The first-order chi connectivity index (χ1) is 13.2. The molecule has 0 saturated heterocycles. The van der Waals surface area contributed by atoms with Gasteiger partial charge >= 0.3 is 0 Å². The van der Waals surface area contributed by atoms with Crippen LogP contribution >= 0.6 is 0 Å². The summed E-state index contributed by atoms with van der Waals surface area (Å²) in [5.41, 5.74) is 1.93. The molecule has 0 fully saturated rings. The third-order valence-corrected chi connectivity index (χ3v) is 4.26. The van der Waals surface area contributed by atoms with Gasteiger partial charge in [-0.1, -0.05) is 12.1 Å². The second-order valence-electron chi connectivity index (χ2n) is 6.05. The Bertz CT molecular complexity index is 1190. The van der Waals surface area contributed by atoms with E-state index in [0.717, 1.165) is 0 Å². The van der Waals surface area contributed by atoms with Crippen LogP contribution in [0.4, 0.5) is 5.69 Å². The summed E-state index contributed by atoms with van der Waals surface area (Å²) < 4.78 is 11.2. The van der Waals surface area contributed by atoms with Crippen molar-refractivity contribution in [1.29, 1.82) is 0 Å². The average molecular weight is 359 g/mol. The van der Waals surface area contributed by atoms with Gasteiger partial charge in [0.15, 0.2) is 0 Å². The van der Waals surface area contributed by atoms with Crippen molar-refractivity contribution >= 4 is 33.5 Å². The number of fused-ring (bicyclic) bond motifs is 2. The molecule has 4 aromatic rings. The Kier molecular flexibility index (Phi) is 4.34. The first kappa shape index (κ1) is 16.8. The van der Waals surface area contributed by atoms with E-state index in [1.54, 1.807) is 60.7 Å². The van der Waals surface area contributed by atoms with Crippen LogP contribution < -0.4 is 15.5 Å². The smallest absolute Gasteiger partial charge is 0.255 e. The second-order valence-corrected chi connectivity index (χ2v) is 6.05. The van der Waals surface area contributed by atoms with Crippen LogP contribution in [0.25, 0.3) is 21.9 Å². The summed E-state index contributed by atoms with van der Waals surface area (Å²) in [6.07, 6.45) is 0. The van der Waals surface area contributed by atoms with Gasteiger partial charge in [0.05, 0.1) is 17.4 Å². The first-order valence-corrected chi connectivity index (χ1v) is 8.65. The highest BCUT2D eigenvalue weighted by Crippen LogP contribution is 2.22. The van der Waals surface area contributed by atoms with Gasteiger partial charge in [-0.2, -0.15) is 0 Å². The molecule has 0 saturated carbocycles. The van der Waals surface area contributed by atoms with Gasteiger partial charge < -0.3 is 14.5 Å². The van der Waals surface area contributed by atoms with Crippen LogP contribution in [-0.4, -0.2) is 12.5 Å². The van der Waals surface area contributed by atoms with E-state index < -0.39 is 0 Å². The number of hydrogen-bond donors (Lipinski definition) is 1. The minimum atomic E-state index is -0.250. The van der Waals surface area contributed by atoms with Crippen LogP contribution in [0.2, 0.25) is 0 Å². The number of anilines is 1. The van der Waals surface area contributed by atoms with Gasteiger partial charge in [0.25, 0.3) is 5.91 Å². The van der Waals surface area contributed by atoms with E-state index in [1.807, 2.05) is 13.0 Å². The number of benzene rings is 3. The summed E-state index contributed by atoms with van der Waals surface area (Å²) in [6.45, 7) is 2.48. The molecule has 0 radical (unpaired) electrons. The maximum absolute atomic E-state index is 12.6. The molecular weight excluding hydrogens is 342 g/mol. The SMILES string of the molecule is CCOc1ccc(C(=O)Nc2ccc3c(=O)c4ccccc4oc3c2)cc1. The molecule has 27 heavy (non-hydrogen) atoms. The number of nitrogens with one attached hydrogen (secondary N) is 1. The maximum Gasteiger partial charge on any atom is 0.255 e. The van der Waals surface area contributed by atoms with Crippen molar-refractivity contribution < 1.29 is 13.9 Å². The molecule has 1 N–H and O–H groups in total. The molecule has 0 aliphatic heterocycles. The summed E-state index contributed by atoms with van der Waals surface area (Å²) >= 11 is 0. The van der Waals surface area contributed by atoms with Gasteiger partial charge in [-0.05, 0) is 55.5 Å². The van der Waals surface area contributed by atoms with E-state index in [1.165, 1.54) is 0 Å². The van der Waals surface area contributed by atoms with Crippen molar-refractivity contribution in [2.75, 3.05) is 11.9 Å². The fourth-order valence-electron chi connectivity index (χ4n) is 2.95. The Labute approximate surface area is 155 Å². The van der Waals surface area contributed by atoms with E-state index >= 15 is 0 Å². The lowest BCUT2D eigenvalue weighted by molar-refractivity contribution is 0.102. The number of ether oxygens (including phenoxy) is 1. The number of rotatable bonds is 4. The van der Waals surface area contributed by atoms with Crippen molar-refractivity contribution in [3.63, 3.8) is 0 Å². The molecule has 0 unspecified atom stereocenters. The molecule has 0 atom stereocenters. The number of hydrogen-bond acceptors (Lipinski definition) is 4. The molecule has 3 aromatic carbocycles. The standard InChI is InChI=1S/C22H17NO4/c1-2-26-16-10-7-14(8-11-16)22(25)23-15-9-12-18-20(13-15)27-19-6-4-3-5-17(19)21(18)24/h3-13H,2H2,1H3,(H,23,25). The van der Waals surface area contributed by atoms with Gasteiger partial charge in [-0.3, -0.25) is 9.59 Å². The molecule has 1 aromatic heterocycles. The molecule has 0 aliphatic carbocycles. The van der Waals surface area contributed by atoms with Gasteiger partial charge in [0.1, 0.15) is 16.9 Å². The zero-order valence-corrected chi connectivity index (χ0v) is 14.7. The second kappa shape index (κ2) is 6.96. The lowest BCUT2D eigenvalue weighted by Gasteiger charge is -2.08. The van der Waals surface area contributed by atoms with Crippen molar-refractivity contribution in [2.45, 2.75) is 6.92 Å². The quantitative estimate of drug-likeness (QED) is 0.541. The monoisotopic (exact) mass is 359 g/mol. The topological polar surface area (TPSA) is 68.5 Å². The van der Waals surface area contributed by atoms with E-state index in [0.29, 0.717) is 45.5 Å². The van der Waals surface area contributed by atoms with Gasteiger partial charge in [0.2, 0.25) is 5.43 Å². The highest BCUT2D eigenvalue weighted by atomic mass is 16.5. The fourth-order valence-corrected chi connectivity index (χ4v) is 2.95. The van der Waals surface area contributed by atoms with E-state index in [2.05, 4.69) is 5.32 Å². The summed E-state index contributed by atoms with van der Waals surface area (Å²) in [5, 5.41) is 3.85. The summed E-state index contributed by atoms with van der Waals surface area (Å²) in [7, 11) is 0. The van der Waals surface area contributed by atoms with E-state index in [-0.39, 0.29) is 11.3 Å². The Morgan fingerprint density at radius 2 is 1.70 bits per heavy atom. The Morgan fingerprint density at radius 1 is 0.963 bits per heavy atom. The largest absolute Gasteiger partial charge is 0.494 e. The molecular formula is C22H17NO4. The predicted molar refractivity (Wildman–Crippen MR) is 106 cm³/mol. The number of carbonyl (C=O) groups is 1. The third kappa shape index (κ3) is 3.27. The highest BCUT2D eigenvalue weighted by molar-refractivity contribution is 6.05. The van der Waals surface area contributed by atoms with Crippen LogP contribution in [-0.2, 0) is 0 Å². The van der Waals surface area contributed by atoms with Crippen LogP contribution in [0.5, 0.6) is 5.75 Å². The summed E-state index contributed by atoms with van der Waals surface area (Å²) in [4.78, 5) is 25.0. The molecule has 5 heteroatoms. The minimum absolute atomic E-state index is 0.0868. The Morgan fingerprint density at radius 3 is 2.48 bits per heavy atom. The normalized spacial score (nSPS) is 10.9. The Balaban J connectivity index is 1.64. The predicted octanol–water partition coefficient (Wildman–Crippen LogP) is 4.60. The lowest BCUT2D eigenvalue weighted by atomic mass is 10.1. The van der Waals surface area contributed by atoms with Gasteiger partial charge in [-0.25, -0.2) is 0 Å². The number of amides is 1. The van der Waals surface area contributed by atoms with Crippen LogP contribution in [0.1, 0.15) is 17.3 Å². The van der Waals surface area contributed by atoms with Crippen molar-refractivity contribution in [1.82, 2.24) is 0 Å². The molecule has 4 rings (SSSR count). The summed E-state index contributed by atoms with van der Waals surface area (Å²) in [5.74, 6) is 0.467. The van der Waals surface area contributed by atoms with Crippen LogP contribution in [0.3, 0.4) is 0 Å². The van der Waals surface area contributed by atoms with Gasteiger partial charge in [-0.15, -0.1) is 0 Å². The average Bonchev–Trinajstić information content (AvgIpc) is 2.69. The zero-order chi connectivity index (χ0) is 18.8. The molecule has 0 spiro atoms. The number of carbonyl (C=O) groups excluding carboxylic acids is 1. The van der Waals surface area contributed by atoms with Crippen molar-refractivity contribution in [3.8, 4) is 5.75 Å². The molecule has 134 valence electrons. The lowest BCUT2D eigenvalue weighted by Crippen LogP contribution is -2.12. The molecule has 0 aliphatic rings. The molecule has 1 heterocycles. The minimum Gasteiger partial charge on any atom is -0.494 e. The zero-order valence-electron chi connectivity index (χ0n) is 14.7. The molecule has 5 nitrogen and oxygen atoms in total. The highest BCUT2D eigenvalue weighted by Gasteiger charge is 2.10. The van der Waals surface area contributed by atoms with Crippen molar-refractivity contribution in [3.05, 3.63) is 82.5 Å². The number of para-hydroxylation sites is 1. The molecule has 0 bridgehead atoms. The van der Waals surface area contributed by atoms with E-state index in [4.69, 9.17) is 9.15 Å². The van der Waals surface area contributed by atoms with Crippen molar-refractivity contribution in [2.24, 2.45) is 0 Å². The van der Waals surface area contributed by atoms with Crippen LogP contribution in [0.15, 0.2) is 75.9 Å². The third-order valence-electron chi connectivity index (χ3n) is 4.26. The van der Waals surface area contributed by atoms with Crippen LogP contribution in [0, 0.1) is 0 Å². The fraction of sp³-hybridized carbons (Fsp3) is 0.0909. The maximum atomic E-state index is 12.6. The Hall–Kier alpha value is -3.60. The van der Waals surface area contributed by atoms with Gasteiger partial charge in [0, 0.05) is 17.3 Å². The summed E-state index contributed by atoms with van der Waals surface area (Å²) in [6, 6.07) is 19.0. The first-order valence-electron chi connectivity index (χ1n) is 8.65.